The van der Waals surface area contributed by atoms with Crippen LogP contribution >= 0.6 is 11.3 Å². The molecule has 0 saturated carbocycles. The maximum atomic E-state index is 5.86. The molecule has 2 N–H and O–H groups in total. The van der Waals surface area contributed by atoms with Crippen LogP contribution in [0.5, 0.6) is 0 Å². The number of aromatic nitrogens is 1. The highest BCUT2D eigenvalue weighted by atomic mass is 32.1. The minimum atomic E-state index is 0.0272. The summed E-state index contributed by atoms with van der Waals surface area (Å²) in [5.74, 6) is 0. The lowest BCUT2D eigenvalue weighted by Gasteiger charge is -2.29. The SMILES string of the molecule is CCC(CC)N(CCOC)Cc1csc(C(C)N)n1. The van der Waals surface area contributed by atoms with Crippen LogP contribution in [0.4, 0.5) is 0 Å². The van der Waals surface area contributed by atoms with Gasteiger partial charge in [-0.05, 0) is 19.8 Å². The minimum absolute atomic E-state index is 0.0272. The van der Waals surface area contributed by atoms with Gasteiger partial charge in [-0.15, -0.1) is 11.3 Å². The molecule has 1 aromatic heterocycles. The Morgan fingerprint density at radius 1 is 1.42 bits per heavy atom. The fourth-order valence-electron chi connectivity index (χ4n) is 2.22. The monoisotopic (exact) mass is 285 g/mol. The highest BCUT2D eigenvalue weighted by molar-refractivity contribution is 7.09. The van der Waals surface area contributed by atoms with Gasteiger partial charge in [-0.3, -0.25) is 4.90 Å². The van der Waals surface area contributed by atoms with E-state index in [2.05, 4.69) is 29.1 Å². The standard InChI is InChI=1S/C14H27N3OS/c1-5-13(6-2)17(7-8-18-4)9-12-10-19-14(16-12)11(3)15/h10-11,13H,5-9,15H2,1-4H3. The van der Waals surface area contributed by atoms with Crippen molar-refractivity contribution in [2.75, 3.05) is 20.3 Å². The van der Waals surface area contributed by atoms with Crippen LogP contribution in [0.2, 0.25) is 0 Å². The molecule has 4 nitrogen and oxygen atoms in total. The molecule has 0 aliphatic heterocycles. The molecule has 0 bridgehead atoms. The van der Waals surface area contributed by atoms with E-state index >= 15 is 0 Å². The van der Waals surface area contributed by atoms with Gasteiger partial charge in [-0.25, -0.2) is 4.98 Å². The summed E-state index contributed by atoms with van der Waals surface area (Å²) in [6.07, 6.45) is 2.31. The predicted octanol–water partition coefficient (Wildman–Crippen LogP) is 2.80. The maximum Gasteiger partial charge on any atom is 0.109 e. The summed E-state index contributed by atoms with van der Waals surface area (Å²) in [7, 11) is 1.75. The van der Waals surface area contributed by atoms with Gasteiger partial charge >= 0.3 is 0 Å². The zero-order chi connectivity index (χ0) is 14.3. The lowest BCUT2D eigenvalue weighted by molar-refractivity contribution is 0.109. The van der Waals surface area contributed by atoms with E-state index in [1.54, 1.807) is 18.4 Å². The second-order valence-corrected chi connectivity index (χ2v) is 5.79. The van der Waals surface area contributed by atoms with Crippen molar-refractivity contribution < 1.29 is 4.74 Å². The van der Waals surface area contributed by atoms with E-state index in [9.17, 15) is 0 Å². The van der Waals surface area contributed by atoms with E-state index < -0.39 is 0 Å². The molecule has 0 fully saturated rings. The van der Waals surface area contributed by atoms with E-state index in [0.717, 1.165) is 43.2 Å². The molecule has 0 amide bonds. The van der Waals surface area contributed by atoms with Crippen LogP contribution in [0.25, 0.3) is 0 Å². The van der Waals surface area contributed by atoms with E-state index in [1.165, 1.54) is 0 Å². The van der Waals surface area contributed by atoms with Gasteiger partial charge in [0.15, 0.2) is 0 Å². The van der Waals surface area contributed by atoms with E-state index in [-0.39, 0.29) is 6.04 Å². The van der Waals surface area contributed by atoms with Crippen molar-refractivity contribution in [1.29, 1.82) is 0 Å². The van der Waals surface area contributed by atoms with Crippen molar-refractivity contribution in [3.63, 3.8) is 0 Å². The Kier molecular flexibility index (Phi) is 7.53. The van der Waals surface area contributed by atoms with Crippen molar-refractivity contribution >= 4 is 11.3 Å². The molecule has 19 heavy (non-hydrogen) atoms. The van der Waals surface area contributed by atoms with Gasteiger partial charge < -0.3 is 10.5 Å². The van der Waals surface area contributed by atoms with Gasteiger partial charge in [-0.1, -0.05) is 13.8 Å². The Labute approximate surface area is 121 Å². The number of thiazole rings is 1. The topological polar surface area (TPSA) is 51.4 Å². The number of nitrogens with two attached hydrogens (primary N) is 1. The Bertz CT molecular complexity index is 350. The first-order chi connectivity index (χ1) is 9.12. The molecule has 1 aromatic rings. The summed E-state index contributed by atoms with van der Waals surface area (Å²) >= 11 is 1.66. The van der Waals surface area contributed by atoms with Crippen molar-refractivity contribution in [3.05, 3.63) is 16.1 Å². The first-order valence-corrected chi connectivity index (χ1v) is 7.93. The van der Waals surface area contributed by atoms with Crippen LogP contribution in [0.15, 0.2) is 5.38 Å². The number of hydrogen-bond acceptors (Lipinski definition) is 5. The molecule has 110 valence electrons. The molecular formula is C14H27N3OS. The fraction of sp³-hybridized carbons (Fsp3) is 0.786. The summed E-state index contributed by atoms with van der Waals surface area (Å²) in [6.45, 7) is 9.06. The highest BCUT2D eigenvalue weighted by Crippen LogP contribution is 2.19. The molecule has 0 radical (unpaired) electrons. The molecule has 1 rings (SSSR count). The van der Waals surface area contributed by atoms with E-state index in [0.29, 0.717) is 6.04 Å². The molecule has 5 heteroatoms. The molecule has 0 spiro atoms. The second-order valence-electron chi connectivity index (χ2n) is 4.90. The molecule has 0 saturated heterocycles. The highest BCUT2D eigenvalue weighted by Gasteiger charge is 2.17. The van der Waals surface area contributed by atoms with Gasteiger partial charge in [0, 0.05) is 31.6 Å². The summed E-state index contributed by atoms with van der Waals surface area (Å²) in [6, 6.07) is 0.620. The van der Waals surface area contributed by atoms with Crippen molar-refractivity contribution in [2.45, 2.75) is 52.2 Å². The van der Waals surface area contributed by atoms with Crippen LogP contribution in [-0.4, -0.2) is 36.2 Å². The van der Waals surface area contributed by atoms with Crippen LogP contribution in [-0.2, 0) is 11.3 Å². The minimum Gasteiger partial charge on any atom is -0.383 e. The molecule has 1 heterocycles. The number of nitrogens with zero attached hydrogens (tertiary/aromatic N) is 2. The average Bonchev–Trinajstić information content (AvgIpc) is 2.85. The summed E-state index contributed by atoms with van der Waals surface area (Å²) in [4.78, 5) is 7.08. The Morgan fingerprint density at radius 2 is 2.11 bits per heavy atom. The van der Waals surface area contributed by atoms with Crippen LogP contribution < -0.4 is 5.73 Å². The summed E-state index contributed by atoms with van der Waals surface area (Å²) in [5.41, 5.74) is 6.99. The average molecular weight is 285 g/mol. The third-order valence-corrected chi connectivity index (χ3v) is 4.46. The largest absolute Gasteiger partial charge is 0.383 e. The van der Waals surface area contributed by atoms with Gasteiger partial charge in [0.2, 0.25) is 0 Å². The maximum absolute atomic E-state index is 5.86. The molecule has 0 aliphatic rings. The lowest BCUT2D eigenvalue weighted by Crippen LogP contribution is -2.36. The lowest BCUT2D eigenvalue weighted by atomic mass is 10.1. The number of methoxy groups -OCH3 is 1. The number of ether oxygens (including phenoxy) is 1. The van der Waals surface area contributed by atoms with E-state index in [1.807, 2.05) is 6.92 Å². The van der Waals surface area contributed by atoms with E-state index in [4.69, 9.17) is 10.5 Å². The molecule has 0 aliphatic carbocycles. The van der Waals surface area contributed by atoms with Crippen molar-refractivity contribution in [3.8, 4) is 0 Å². The first-order valence-electron chi connectivity index (χ1n) is 7.05. The van der Waals surface area contributed by atoms with Gasteiger partial charge in [0.1, 0.15) is 5.01 Å². The van der Waals surface area contributed by atoms with Crippen molar-refractivity contribution in [2.24, 2.45) is 5.73 Å². The zero-order valence-electron chi connectivity index (χ0n) is 12.6. The molecule has 0 aromatic carbocycles. The third-order valence-electron chi connectivity index (χ3n) is 3.37. The Balaban J connectivity index is 2.68. The molecule has 1 unspecified atom stereocenters. The fourth-order valence-corrected chi connectivity index (χ4v) is 2.99. The number of hydrogen-bond donors (Lipinski definition) is 1. The van der Waals surface area contributed by atoms with Gasteiger partial charge in [0.25, 0.3) is 0 Å². The van der Waals surface area contributed by atoms with Crippen LogP contribution in [0.3, 0.4) is 0 Å². The first kappa shape index (κ1) is 16.6. The zero-order valence-corrected chi connectivity index (χ0v) is 13.4. The quantitative estimate of drug-likeness (QED) is 0.758. The Morgan fingerprint density at radius 3 is 2.58 bits per heavy atom. The van der Waals surface area contributed by atoms with Gasteiger partial charge in [-0.2, -0.15) is 0 Å². The third kappa shape index (κ3) is 5.18. The van der Waals surface area contributed by atoms with Crippen LogP contribution in [0.1, 0.15) is 50.4 Å². The van der Waals surface area contributed by atoms with Gasteiger partial charge in [0.05, 0.1) is 18.3 Å². The van der Waals surface area contributed by atoms with Crippen molar-refractivity contribution in [1.82, 2.24) is 9.88 Å². The number of rotatable bonds is 9. The second kappa shape index (κ2) is 8.64. The summed E-state index contributed by atoms with van der Waals surface area (Å²) in [5, 5.41) is 3.15. The predicted molar refractivity (Wildman–Crippen MR) is 81.4 cm³/mol. The summed E-state index contributed by atoms with van der Waals surface area (Å²) < 4.78 is 5.21. The Hall–Kier alpha value is -0.490. The smallest absolute Gasteiger partial charge is 0.109 e. The normalized spacial score (nSPS) is 13.4. The van der Waals surface area contributed by atoms with Crippen LogP contribution in [0, 0.1) is 0 Å². The molecule has 1 atom stereocenters. The molecular weight excluding hydrogens is 258 g/mol.